The third-order valence-corrected chi connectivity index (χ3v) is 11.2. The van der Waals surface area contributed by atoms with E-state index in [-0.39, 0.29) is 0 Å². The normalized spacial score (nSPS) is 24.8. The Bertz CT molecular complexity index is 208. The highest BCUT2D eigenvalue weighted by Crippen LogP contribution is 2.46. The lowest BCUT2D eigenvalue weighted by molar-refractivity contribution is 0.452. The zero-order chi connectivity index (χ0) is 13.5. The summed E-state index contributed by atoms with van der Waals surface area (Å²) < 4.78 is 0. The van der Waals surface area contributed by atoms with Crippen LogP contribution in [0.2, 0.25) is 16.6 Å². The van der Waals surface area contributed by atoms with Crippen molar-refractivity contribution in [2.24, 2.45) is 0 Å². The lowest BCUT2D eigenvalue weighted by Crippen LogP contribution is -2.33. The Kier molecular flexibility index (Phi) is 6.97. The van der Waals surface area contributed by atoms with Gasteiger partial charge in [-0.05, 0) is 11.1 Å². The Balaban J connectivity index is 1.97. The van der Waals surface area contributed by atoms with Crippen LogP contribution in [-0.2, 0) is 0 Å². The van der Waals surface area contributed by atoms with E-state index in [0.29, 0.717) is 0 Å². The predicted molar refractivity (Wildman–Crippen MR) is 89.8 cm³/mol. The van der Waals surface area contributed by atoms with E-state index in [0.717, 1.165) is 5.54 Å². The third-order valence-electron chi connectivity index (χ3n) is 6.06. The topological polar surface area (TPSA) is 0 Å². The van der Waals surface area contributed by atoms with E-state index in [1.54, 1.807) is 57.8 Å². The molecule has 1 unspecified atom stereocenters. The highest BCUT2D eigenvalue weighted by Gasteiger charge is 2.35. The molecule has 0 spiro atoms. The molecule has 0 amide bonds. The molecule has 0 bridgehead atoms. The fraction of sp³-hybridized carbons (Fsp3) is 1.00. The molecule has 0 heterocycles. The maximum atomic E-state index is 2.65. The molecule has 2 saturated carbocycles. The first-order chi connectivity index (χ1) is 9.33. The van der Waals surface area contributed by atoms with Gasteiger partial charge in [0.05, 0.1) is 0 Å². The Morgan fingerprint density at radius 2 is 1.32 bits per heavy atom. The highest BCUT2D eigenvalue weighted by atomic mass is 28.3. The van der Waals surface area contributed by atoms with Gasteiger partial charge in [-0.3, -0.25) is 0 Å². The molecule has 0 radical (unpaired) electrons. The smallest absolute Gasteiger partial charge is 0.0458 e. The van der Waals surface area contributed by atoms with Gasteiger partial charge < -0.3 is 0 Å². The van der Waals surface area contributed by atoms with Crippen molar-refractivity contribution in [3.8, 4) is 0 Å². The summed E-state index contributed by atoms with van der Waals surface area (Å²) in [5.41, 5.74) is 3.58. The summed E-state index contributed by atoms with van der Waals surface area (Å²) in [6.07, 6.45) is 20.2. The largest absolute Gasteiger partial charge is 0.0654 e. The van der Waals surface area contributed by atoms with Crippen molar-refractivity contribution in [1.82, 2.24) is 0 Å². The molecule has 0 aromatic heterocycles. The van der Waals surface area contributed by atoms with Gasteiger partial charge in [-0.2, -0.15) is 0 Å². The lowest BCUT2D eigenvalue weighted by Gasteiger charge is -2.40. The van der Waals surface area contributed by atoms with Gasteiger partial charge in [0.25, 0.3) is 0 Å². The molecule has 0 nitrogen and oxygen atoms in total. The van der Waals surface area contributed by atoms with Crippen molar-refractivity contribution in [2.45, 2.75) is 114 Å². The van der Waals surface area contributed by atoms with Crippen molar-refractivity contribution >= 4 is 8.80 Å². The molecule has 0 saturated heterocycles. The monoisotopic (exact) mass is 280 g/mol. The van der Waals surface area contributed by atoms with Crippen LogP contribution in [0.15, 0.2) is 0 Å². The summed E-state index contributed by atoms with van der Waals surface area (Å²) in [5, 5.41) is 0. The van der Waals surface area contributed by atoms with E-state index in [1.165, 1.54) is 36.8 Å². The molecule has 19 heavy (non-hydrogen) atoms. The van der Waals surface area contributed by atoms with Crippen LogP contribution in [0.5, 0.6) is 0 Å². The average Bonchev–Trinajstić information content (AvgIpc) is 2.47. The van der Waals surface area contributed by atoms with Gasteiger partial charge >= 0.3 is 0 Å². The van der Waals surface area contributed by atoms with Crippen LogP contribution in [0.4, 0.5) is 0 Å². The molecule has 1 heteroatoms. The van der Waals surface area contributed by atoms with Crippen molar-refractivity contribution in [1.29, 1.82) is 0 Å². The first-order valence-electron chi connectivity index (χ1n) is 9.33. The molecule has 0 aliphatic heterocycles. The van der Waals surface area contributed by atoms with E-state index in [2.05, 4.69) is 13.8 Å². The van der Waals surface area contributed by atoms with Crippen LogP contribution >= 0.6 is 0 Å². The highest BCUT2D eigenvalue weighted by molar-refractivity contribution is 6.63. The van der Waals surface area contributed by atoms with Gasteiger partial charge in [-0.1, -0.05) is 103 Å². The number of hydrogen-bond acceptors (Lipinski definition) is 0. The number of hydrogen-bond donors (Lipinski definition) is 0. The Hall–Kier alpha value is 0.217. The average molecular weight is 281 g/mol. The van der Waals surface area contributed by atoms with Gasteiger partial charge in [-0.15, -0.1) is 0 Å². The SMILES string of the molecule is CCCCC(C)[SiH](C1CCCCC1)C1CCCCC1. The first-order valence-corrected chi connectivity index (χ1v) is 11.3. The third kappa shape index (κ3) is 4.62. The molecule has 0 aromatic carbocycles. The van der Waals surface area contributed by atoms with Gasteiger partial charge in [0.1, 0.15) is 0 Å². The molecule has 2 rings (SSSR count). The zero-order valence-electron chi connectivity index (χ0n) is 13.5. The second-order valence-electron chi connectivity index (χ2n) is 7.49. The molecular formula is C18H36Si. The fourth-order valence-corrected chi connectivity index (χ4v) is 10.8. The summed E-state index contributed by atoms with van der Waals surface area (Å²) in [6, 6.07) is 0. The molecular weight excluding hydrogens is 244 g/mol. The summed E-state index contributed by atoms with van der Waals surface area (Å²) in [4.78, 5) is 0. The minimum atomic E-state index is -0.522. The van der Waals surface area contributed by atoms with E-state index in [1.807, 2.05) is 0 Å². The quantitative estimate of drug-likeness (QED) is 0.490. The van der Waals surface area contributed by atoms with Crippen molar-refractivity contribution in [2.75, 3.05) is 0 Å². The van der Waals surface area contributed by atoms with E-state index in [4.69, 9.17) is 0 Å². The Morgan fingerprint density at radius 1 is 0.842 bits per heavy atom. The molecule has 0 N–H and O–H groups in total. The van der Waals surface area contributed by atoms with Crippen LogP contribution in [0.3, 0.4) is 0 Å². The van der Waals surface area contributed by atoms with Crippen LogP contribution in [0.1, 0.15) is 97.3 Å². The first kappa shape index (κ1) is 15.6. The Labute approximate surface area is 123 Å². The summed E-state index contributed by atoms with van der Waals surface area (Å²) in [6.45, 7) is 5.01. The van der Waals surface area contributed by atoms with Gasteiger partial charge in [-0.25, -0.2) is 0 Å². The number of unbranched alkanes of at least 4 members (excludes halogenated alkanes) is 1. The molecule has 2 aliphatic rings. The van der Waals surface area contributed by atoms with Gasteiger partial charge in [0.2, 0.25) is 0 Å². The summed E-state index contributed by atoms with van der Waals surface area (Å²) in [5.74, 6) is 0. The summed E-state index contributed by atoms with van der Waals surface area (Å²) in [7, 11) is -0.522. The standard InChI is InChI=1S/C18H36Si/c1-3-4-11-16(2)19(17-12-7-5-8-13-17)18-14-9-6-10-15-18/h16-19H,3-15H2,1-2H3. The number of rotatable bonds is 6. The second kappa shape index (κ2) is 8.49. The van der Waals surface area contributed by atoms with Crippen LogP contribution < -0.4 is 0 Å². The van der Waals surface area contributed by atoms with Crippen molar-refractivity contribution in [3.05, 3.63) is 0 Å². The lowest BCUT2D eigenvalue weighted by atomic mass is 9.99. The van der Waals surface area contributed by atoms with Crippen LogP contribution in [0.25, 0.3) is 0 Å². The van der Waals surface area contributed by atoms with E-state index in [9.17, 15) is 0 Å². The molecule has 112 valence electrons. The molecule has 1 atom stereocenters. The maximum Gasteiger partial charge on any atom is 0.0458 e. The molecule has 0 aromatic rings. The second-order valence-corrected chi connectivity index (χ2v) is 11.7. The fourth-order valence-electron chi connectivity index (χ4n) is 5.07. The van der Waals surface area contributed by atoms with E-state index < -0.39 is 8.80 Å². The van der Waals surface area contributed by atoms with Crippen molar-refractivity contribution < 1.29 is 0 Å². The maximum absolute atomic E-state index is 2.65. The van der Waals surface area contributed by atoms with Gasteiger partial charge in [0.15, 0.2) is 0 Å². The van der Waals surface area contributed by atoms with Crippen LogP contribution in [0, 0.1) is 0 Å². The predicted octanol–water partition coefficient (Wildman–Crippen LogP) is 6.46. The summed E-state index contributed by atoms with van der Waals surface area (Å²) >= 11 is 0. The minimum absolute atomic E-state index is 0.522. The zero-order valence-corrected chi connectivity index (χ0v) is 14.7. The van der Waals surface area contributed by atoms with E-state index >= 15 is 0 Å². The molecule has 2 aliphatic carbocycles. The van der Waals surface area contributed by atoms with Crippen LogP contribution in [-0.4, -0.2) is 8.80 Å². The van der Waals surface area contributed by atoms with Crippen molar-refractivity contribution in [3.63, 3.8) is 0 Å². The minimum Gasteiger partial charge on any atom is -0.0654 e. The van der Waals surface area contributed by atoms with Gasteiger partial charge in [0, 0.05) is 8.80 Å². The Morgan fingerprint density at radius 3 is 1.74 bits per heavy atom. The molecule has 2 fully saturated rings.